The second-order valence-corrected chi connectivity index (χ2v) is 8.74. The Hall–Kier alpha value is -3.11. The molecule has 176 valence electrons. The third-order valence-electron chi connectivity index (χ3n) is 6.56. The summed E-state index contributed by atoms with van der Waals surface area (Å²) < 4.78 is 53.1. The van der Waals surface area contributed by atoms with Crippen LogP contribution < -0.4 is 20.0 Å². The molecule has 5 rings (SSSR count). The summed E-state index contributed by atoms with van der Waals surface area (Å²) in [5, 5.41) is 2.70. The number of halogens is 4. The highest BCUT2D eigenvalue weighted by atomic mass is 19.4. The van der Waals surface area contributed by atoms with Crippen LogP contribution in [0.15, 0.2) is 30.5 Å². The van der Waals surface area contributed by atoms with Gasteiger partial charge in [0.2, 0.25) is 0 Å². The number of hydrogen-bond acceptors (Lipinski definition) is 5. The van der Waals surface area contributed by atoms with Crippen LogP contribution in [0.4, 0.5) is 45.5 Å². The molecule has 0 aliphatic carbocycles. The van der Waals surface area contributed by atoms with Gasteiger partial charge in [-0.25, -0.2) is 19.2 Å². The average Bonchev–Trinajstić information content (AvgIpc) is 2.80. The monoisotopic (exact) mass is 464 g/mol. The molecule has 0 spiro atoms. The summed E-state index contributed by atoms with van der Waals surface area (Å²) in [7, 11) is 0. The normalized spacial score (nSPS) is 22.7. The predicted molar refractivity (Wildman–Crippen MR) is 116 cm³/mol. The maximum Gasteiger partial charge on any atom is 0.393 e. The molecule has 0 aromatic carbocycles. The van der Waals surface area contributed by atoms with Gasteiger partial charge in [-0.2, -0.15) is 13.2 Å². The molecular formula is C22H24F4N6O. The summed E-state index contributed by atoms with van der Waals surface area (Å²) in [6.07, 6.45) is -0.997. The Labute approximate surface area is 188 Å². The fourth-order valence-electron chi connectivity index (χ4n) is 4.92. The van der Waals surface area contributed by atoms with Crippen molar-refractivity contribution in [2.45, 2.75) is 37.9 Å². The zero-order valence-electron chi connectivity index (χ0n) is 17.9. The van der Waals surface area contributed by atoms with Crippen molar-refractivity contribution in [3.05, 3.63) is 36.3 Å². The molecule has 7 nitrogen and oxygen atoms in total. The molecule has 33 heavy (non-hydrogen) atoms. The maximum absolute atomic E-state index is 13.3. The van der Waals surface area contributed by atoms with E-state index in [1.807, 2.05) is 6.07 Å². The quantitative estimate of drug-likeness (QED) is 0.667. The Bertz CT molecular complexity index is 1030. The summed E-state index contributed by atoms with van der Waals surface area (Å²) in [5.41, 5.74) is 0.779. The van der Waals surface area contributed by atoms with Gasteiger partial charge in [0, 0.05) is 26.2 Å². The van der Waals surface area contributed by atoms with Gasteiger partial charge in [0.1, 0.15) is 17.5 Å². The number of carbonyl (C=O) groups is 1. The first-order chi connectivity index (χ1) is 15.8. The fourth-order valence-corrected chi connectivity index (χ4v) is 4.92. The molecule has 11 heteroatoms. The van der Waals surface area contributed by atoms with Crippen LogP contribution in [0.5, 0.6) is 0 Å². The van der Waals surface area contributed by atoms with Crippen LogP contribution in [0.1, 0.15) is 25.7 Å². The van der Waals surface area contributed by atoms with E-state index in [1.165, 1.54) is 12.1 Å². The molecule has 2 fully saturated rings. The summed E-state index contributed by atoms with van der Waals surface area (Å²) in [4.78, 5) is 27.2. The van der Waals surface area contributed by atoms with Crippen LogP contribution in [0.2, 0.25) is 0 Å². The minimum atomic E-state index is -4.25. The van der Waals surface area contributed by atoms with Gasteiger partial charge < -0.3 is 9.80 Å². The topological polar surface area (TPSA) is 64.6 Å². The van der Waals surface area contributed by atoms with Crippen molar-refractivity contribution in [1.29, 1.82) is 0 Å². The van der Waals surface area contributed by atoms with Crippen molar-refractivity contribution < 1.29 is 22.4 Å². The SMILES string of the molecule is O=C(Nc1ccc(F)cn1)N1c2nc(N3CCCC(C(F)(F)F)C3)ccc2N2CCC[C@@H]1C2. The molecule has 2 bridgehead atoms. The van der Waals surface area contributed by atoms with E-state index in [1.54, 1.807) is 15.9 Å². The smallest absolute Gasteiger partial charge is 0.366 e. The number of carbonyl (C=O) groups excluding carboxylic acids is 1. The van der Waals surface area contributed by atoms with Crippen molar-refractivity contribution in [2.75, 3.05) is 46.2 Å². The molecule has 3 aliphatic heterocycles. The number of pyridine rings is 2. The van der Waals surface area contributed by atoms with Gasteiger partial charge in [0.25, 0.3) is 0 Å². The van der Waals surface area contributed by atoms with Crippen LogP contribution in [0.3, 0.4) is 0 Å². The van der Waals surface area contributed by atoms with Gasteiger partial charge in [-0.1, -0.05) is 0 Å². The molecule has 1 unspecified atom stereocenters. The van der Waals surface area contributed by atoms with E-state index in [-0.39, 0.29) is 24.8 Å². The third kappa shape index (κ3) is 4.28. The maximum atomic E-state index is 13.3. The van der Waals surface area contributed by atoms with E-state index in [0.717, 1.165) is 31.3 Å². The van der Waals surface area contributed by atoms with Crippen LogP contribution in [-0.4, -0.2) is 54.4 Å². The van der Waals surface area contributed by atoms with Crippen LogP contribution in [0.25, 0.3) is 0 Å². The Morgan fingerprint density at radius 1 is 1.03 bits per heavy atom. The van der Waals surface area contributed by atoms with Crippen molar-refractivity contribution in [3.63, 3.8) is 0 Å². The van der Waals surface area contributed by atoms with Gasteiger partial charge in [-0.15, -0.1) is 0 Å². The highest BCUT2D eigenvalue weighted by Gasteiger charge is 2.43. The van der Waals surface area contributed by atoms with Gasteiger partial charge in [-0.3, -0.25) is 10.2 Å². The Morgan fingerprint density at radius 3 is 2.58 bits per heavy atom. The van der Waals surface area contributed by atoms with Crippen LogP contribution in [-0.2, 0) is 0 Å². The number of aromatic nitrogens is 2. The number of rotatable bonds is 2. The number of nitrogens with zero attached hydrogens (tertiary/aromatic N) is 5. The first-order valence-corrected chi connectivity index (χ1v) is 11.1. The number of nitrogens with one attached hydrogen (secondary N) is 1. The van der Waals surface area contributed by atoms with E-state index in [0.29, 0.717) is 31.1 Å². The Kier molecular flexibility index (Phi) is 5.49. The molecule has 2 saturated heterocycles. The molecule has 1 N–H and O–H groups in total. The second-order valence-electron chi connectivity index (χ2n) is 8.74. The lowest BCUT2D eigenvalue weighted by molar-refractivity contribution is -0.176. The van der Waals surface area contributed by atoms with Crippen LogP contribution >= 0.6 is 0 Å². The summed E-state index contributed by atoms with van der Waals surface area (Å²) in [5.74, 6) is -0.833. The largest absolute Gasteiger partial charge is 0.393 e. The van der Waals surface area contributed by atoms with E-state index in [9.17, 15) is 22.4 Å². The van der Waals surface area contributed by atoms with Gasteiger partial charge in [0.15, 0.2) is 5.82 Å². The molecule has 2 aromatic rings. The highest BCUT2D eigenvalue weighted by Crippen LogP contribution is 2.41. The molecule has 3 aliphatic rings. The van der Waals surface area contributed by atoms with Gasteiger partial charge in [0.05, 0.1) is 23.8 Å². The number of anilines is 4. The standard InChI is InChI=1S/C22H24F4N6O/c23-15-5-7-18(27-11-15)28-21(33)32-16-4-2-9-30(13-16)17-6-8-19(29-20(17)32)31-10-1-3-14(12-31)22(24,25)26/h5-8,11,14,16H,1-4,9-10,12-13H2,(H,27,28,33)/t14?,16-/m1/s1. The molecule has 5 heterocycles. The molecular weight excluding hydrogens is 440 g/mol. The number of amides is 2. The number of alkyl halides is 3. The Morgan fingerprint density at radius 2 is 1.82 bits per heavy atom. The second kappa shape index (κ2) is 8.35. The molecule has 2 atom stereocenters. The van der Waals surface area contributed by atoms with Gasteiger partial charge >= 0.3 is 12.2 Å². The number of piperidine rings is 2. The first-order valence-electron chi connectivity index (χ1n) is 11.1. The minimum Gasteiger partial charge on any atom is -0.366 e. The predicted octanol–water partition coefficient (Wildman–Crippen LogP) is 4.42. The van der Waals surface area contributed by atoms with Gasteiger partial charge in [-0.05, 0) is 49.9 Å². The third-order valence-corrected chi connectivity index (χ3v) is 6.56. The van der Waals surface area contributed by atoms with E-state index >= 15 is 0 Å². The zero-order chi connectivity index (χ0) is 23.2. The molecule has 0 saturated carbocycles. The van der Waals surface area contributed by atoms with Crippen LogP contribution in [0, 0.1) is 11.7 Å². The fraction of sp³-hybridized carbons (Fsp3) is 0.500. The number of urea groups is 1. The highest BCUT2D eigenvalue weighted by molar-refractivity contribution is 6.04. The summed E-state index contributed by atoms with van der Waals surface area (Å²) in [6, 6.07) is 5.59. The lowest BCUT2D eigenvalue weighted by Crippen LogP contribution is -2.56. The molecule has 2 amide bonds. The van der Waals surface area contributed by atoms with Crippen molar-refractivity contribution in [2.24, 2.45) is 5.92 Å². The molecule has 0 radical (unpaired) electrons. The minimum absolute atomic E-state index is 0.111. The number of hydrogen-bond donors (Lipinski definition) is 1. The van der Waals surface area contributed by atoms with Crippen molar-refractivity contribution >= 4 is 29.2 Å². The Balaban J connectivity index is 1.46. The average molecular weight is 464 g/mol. The zero-order valence-corrected chi connectivity index (χ0v) is 17.9. The molecule has 2 aromatic heterocycles. The number of fused-ring (bicyclic) bond motifs is 4. The lowest BCUT2D eigenvalue weighted by Gasteiger charge is -2.46. The van der Waals surface area contributed by atoms with Crippen molar-refractivity contribution in [1.82, 2.24) is 9.97 Å². The first kappa shape index (κ1) is 21.7. The van der Waals surface area contributed by atoms with Crippen molar-refractivity contribution in [3.8, 4) is 0 Å². The van der Waals surface area contributed by atoms with E-state index < -0.39 is 23.9 Å². The lowest BCUT2D eigenvalue weighted by atomic mass is 9.97. The van der Waals surface area contributed by atoms with E-state index in [4.69, 9.17) is 4.98 Å². The summed E-state index contributed by atoms with van der Waals surface area (Å²) >= 11 is 0. The van der Waals surface area contributed by atoms with E-state index in [2.05, 4.69) is 15.2 Å². The summed E-state index contributed by atoms with van der Waals surface area (Å²) in [6.45, 7) is 1.82.